The summed E-state index contributed by atoms with van der Waals surface area (Å²) < 4.78 is 0. The SMILES string of the molecule is C=C=CCC1CCC(=C)C1. The molecule has 0 spiro atoms. The van der Waals surface area contributed by atoms with Gasteiger partial charge in [-0.15, -0.1) is 5.73 Å². The Labute approximate surface area is 62.9 Å². The summed E-state index contributed by atoms with van der Waals surface area (Å²) in [7, 11) is 0. The monoisotopic (exact) mass is 134 g/mol. The van der Waals surface area contributed by atoms with Crippen LogP contribution in [-0.2, 0) is 0 Å². The minimum absolute atomic E-state index is 0.835. The highest BCUT2D eigenvalue weighted by molar-refractivity contribution is 5.03. The van der Waals surface area contributed by atoms with Crippen LogP contribution in [0.1, 0.15) is 25.7 Å². The molecule has 0 amide bonds. The maximum Gasteiger partial charge on any atom is -0.0243 e. The van der Waals surface area contributed by atoms with E-state index in [4.69, 9.17) is 0 Å². The van der Waals surface area contributed by atoms with Gasteiger partial charge in [0.15, 0.2) is 0 Å². The van der Waals surface area contributed by atoms with Gasteiger partial charge >= 0.3 is 0 Å². The van der Waals surface area contributed by atoms with Crippen molar-refractivity contribution in [1.82, 2.24) is 0 Å². The lowest BCUT2D eigenvalue weighted by atomic mass is 10.0. The van der Waals surface area contributed by atoms with Crippen LogP contribution in [0.25, 0.3) is 0 Å². The molecule has 0 heterocycles. The van der Waals surface area contributed by atoms with Crippen LogP contribution in [0.4, 0.5) is 0 Å². The molecular formula is C10H14. The molecule has 0 aromatic heterocycles. The molecule has 1 saturated carbocycles. The summed E-state index contributed by atoms with van der Waals surface area (Å²) >= 11 is 0. The normalized spacial score (nSPS) is 24.4. The van der Waals surface area contributed by atoms with E-state index in [1.165, 1.54) is 24.8 Å². The minimum atomic E-state index is 0.835. The Morgan fingerprint density at radius 1 is 1.70 bits per heavy atom. The second kappa shape index (κ2) is 3.43. The third kappa shape index (κ3) is 1.89. The minimum Gasteiger partial charge on any atom is -0.133 e. The van der Waals surface area contributed by atoms with Crippen LogP contribution in [0.15, 0.2) is 30.5 Å². The highest BCUT2D eigenvalue weighted by Gasteiger charge is 2.15. The van der Waals surface area contributed by atoms with Gasteiger partial charge in [0.2, 0.25) is 0 Å². The Bertz CT molecular complexity index is 170. The number of hydrogen-bond donors (Lipinski definition) is 0. The van der Waals surface area contributed by atoms with Crippen molar-refractivity contribution in [2.75, 3.05) is 0 Å². The summed E-state index contributed by atoms with van der Waals surface area (Å²) in [6.45, 7) is 7.50. The molecule has 54 valence electrons. The van der Waals surface area contributed by atoms with Crippen molar-refractivity contribution in [3.63, 3.8) is 0 Å². The molecule has 0 nitrogen and oxygen atoms in total. The highest BCUT2D eigenvalue weighted by atomic mass is 14.2. The first-order chi connectivity index (χ1) is 4.83. The average molecular weight is 134 g/mol. The molecule has 0 heteroatoms. The summed E-state index contributed by atoms with van der Waals surface area (Å²) in [4.78, 5) is 0. The smallest absolute Gasteiger partial charge is 0.0243 e. The molecule has 1 aliphatic carbocycles. The molecule has 0 aromatic rings. The topological polar surface area (TPSA) is 0 Å². The van der Waals surface area contributed by atoms with E-state index in [0.717, 1.165) is 12.3 Å². The van der Waals surface area contributed by atoms with Gasteiger partial charge in [0.1, 0.15) is 0 Å². The van der Waals surface area contributed by atoms with Crippen molar-refractivity contribution in [2.24, 2.45) is 5.92 Å². The van der Waals surface area contributed by atoms with Gasteiger partial charge in [-0.3, -0.25) is 0 Å². The van der Waals surface area contributed by atoms with Gasteiger partial charge in [-0.05, 0) is 37.7 Å². The van der Waals surface area contributed by atoms with E-state index in [1.54, 1.807) is 0 Å². The Kier molecular flexibility index (Phi) is 2.53. The third-order valence-corrected chi connectivity index (χ3v) is 2.08. The van der Waals surface area contributed by atoms with E-state index in [-0.39, 0.29) is 0 Å². The van der Waals surface area contributed by atoms with Gasteiger partial charge in [0.25, 0.3) is 0 Å². The van der Waals surface area contributed by atoms with Crippen LogP contribution >= 0.6 is 0 Å². The molecule has 1 aliphatic rings. The Hall–Kier alpha value is -0.740. The van der Waals surface area contributed by atoms with Gasteiger partial charge in [0, 0.05) is 0 Å². The Morgan fingerprint density at radius 3 is 3.00 bits per heavy atom. The van der Waals surface area contributed by atoms with Gasteiger partial charge in [0.05, 0.1) is 0 Å². The van der Waals surface area contributed by atoms with Crippen molar-refractivity contribution in [3.8, 4) is 0 Å². The third-order valence-electron chi connectivity index (χ3n) is 2.08. The molecule has 0 radical (unpaired) electrons. The summed E-state index contributed by atoms with van der Waals surface area (Å²) in [6, 6.07) is 0. The van der Waals surface area contributed by atoms with E-state index >= 15 is 0 Å². The zero-order chi connectivity index (χ0) is 7.40. The first-order valence-electron chi connectivity index (χ1n) is 3.84. The van der Waals surface area contributed by atoms with Crippen molar-refractivity contribution in [3.05, 3.63) is 30.5 Å². The lowest BCUT2D eigenvalue weighted by Gasteiger charge is -2.00. The van der Waals surface area contributed by atoms with Crippen LogP contribution in [0.3, 0.4) is 0 Å². The molecule has 1 unspecified atom stereocenters. The van der Waals surface area contributed by atoms with Gasteiger partial charge < -0.3 is 0 Å². The molecule has 0 bridgehead atoms. The molecule has 1 atom stereocenters. The van der Waals surface area contributed by atoms with E-state index in [0.29, 0.717) is 0 Å². The quantitative estimate of drug-likeness (QED) is 0.402. The summed E-state index contributed by atoms with van der Waals surface area (Å²) in [6.07, 6.45) is 6.94. The summed E-state index contributed by atoms with van der Waals surface area (Å²) in [5.74, 6) is 0.835. The fraction of sp³-hybridized carbons (Fsp3) is 0.500. The number of allylic oxidation sites excluding steroid dienone is 2. The highest BCUT2D eigenvalue weighted by Crippen LogP contribution is 2.31. The van der Waals surface area contributed by atoms with E-state index in [2.05, 4.69) is 18.9 Å². The van der Waals surface area contributed by atoms with E-state index in [1.807, 2.05) is 6.08 Å². The van der Waals surface area contributed by atoms with Gasteiger partial charge in [-0.25, -0.2) is 0 Å². The second-order valence-corrected chi connectivity index (χ2v) is 3.00. The average Bonchev–Trinajstić information content (AvgIpc) is 2.31. The number of rotatable bonds is 2. The standard InChI is InChI=1S/C10H14/c1-3-4-5-10-7-6-9(2)8-10/h4,10H,1-2,5-8H2. The summed E-state index contributed by atoms with van der Waals surface area (Å²) in [5, 5.41) is 0. The van der Waals surface area contributed by atoms with Crippen molar-refractivity contribution < 1.29 is 0 Å². The van der Waals surface area contributed by atoms with Gasteiger partial charge in [-0.2, -0.15) is 0 Å². The maximum absolute atomic E-state index is 3.96. The first-order valence-corrected chi connectivity index (χ1v) is 3.84. The zero-order valence-electron chi connectivity index (χ0n) is 6.40. The van der Waals surface area contributed by atoms with Crippen LogP contribution in [0.5, 0.6) is 0 Å². The molecule has 1 rings (SSSR count). The molecule has 10 heavy (non-hydrogen) atoms. The fourth-order valence-corrected chi connectivity index (χ4v) is 1.47. The number of hydrogen-bond acceptors (Lipinski definition) is 0. The molecule has 1 fully saturated rings. The first kappa shape index (κ1) is 7.37. The molecule has 0 aliphatic heterocycles. The molecule has 0 aromatic carbocycles. The van der Waals surface area contributed by atoms with Crippen LogP contribution in [0.2, 0.25) is 0 Å². The molecule has 0 N–H and O–H groups in total. The predicted molar refractivity (Wildman–Crippen MR) is 44.8 cm³/mol. The van der Waals surface area contributed by atoms with Crippen molar-refractivity contribution in [1.29, 1.82) is 0 Å². The van der Waals surface area contributed by atoms with Gasteiger partial charge in [-0.1, -0.05) is 18.7 Å². The van der Waals surface area contributed by atoms with Crippen molar-refractivity contribution >= 4 is 0 Å². The van der Waals surface area contributed by atoms with Crippen LogP contribution < -0.4 is 0 Å². The zero-order valence-corrected chi connectivity index (χ0v) is 6.40. The Morgan fingerprint density at radius 2 is 2.50 bits per heavy atom. The van der Waals surface area contributed by atoms with E-state index < -0.39 is 0 Å². The second-order valence-electron chi connectivity index (χ2n) is 3.00. The predicted octanol–water partition coefficient (Wildman–Crippen LogP) is 3.07. The van der Waals surface area contributed by atoms with E-state index in [9.17, 15) is 0 Å². The largest absolute Gasteiger partial charge is 0.133 e. The van der Waals surface area contributed by atoms with Crippen molar-refractivity contribution in [2.45, 2.75) is 25.7 Å². The Balaban J connectivity index is 2.31. The molecule has 0 saturated heterocycles. The fourth-order valence-electron chi connectivity index (χ4n) is 1.47. The van der Waals surface area contributed by atoms with Crippen LogP contribution in [-0.4, -0.2) is 0 Å². The van der Waals surface area contributed by atoms with Crippen LogP contribution in [0, 0.1) is 5.92 Å². The lowest BCUT2D eigenvalue weighted by Crippen LogP contribution is -1.88. The summed E-state index contributed by atoms with van der Waals surface area (Å²) in [5.41, 5.74) is 4.22. The molecular weight excluding hydrogens is 120 g/mol. The maximum atomic E-state index is 3.96. The lowest BCUT2D eigenvalue weighted by molar-refractivity contribution is 0.566.